The van der Waals surface area contributed by atoms with Crippen molar-refractivity contribution in [3.63, 3.8) is 0 Å². The summed E-state index contributed by atoms with van der Waals surface area (Å²) in [6.45, 7) is 2.30. The number of hydrogen-bond donors (Lipinski definition) is 1. The normalized spacial score (nSPS) is 25.9. The number of nitrogens with zero attached hydrogens (tertiary/aromatic N) is 1. The number of likely N-dealkylation sites (tertiary alicyclic amines) is 1. The first-order chi connectivity index (χ1) is 9.59. The van der Waals surface area contributed by atoms with E-state index in [4.69, 9.17) is 5.73 Å². The molecular weight excluding hydrogens is 252 g/mol. The van der Waals surface area contributed by atoms with Gasteiger partial charge in [0, 0.05) is 5.69 Å². The summed E-state index contributed by atoms with van der Waals surface area (Å²) in [4.78, 5) is 26.3. The summed E-state index contributed by atoms with van der Waals surface area (Å²) < 4.78 is 0. The number of nitrogens with two attached hydrogens (primary N) is 1. The number of nitrogen functional groups attached to an aromatic ring is 1. The lowest BCUT2D eigenvalue weighted by molar-refractivity contribution is -0.140. The quantitative estimate of drug-likeness (QED) is 0.663. The summed E-state index contributed by atoms with van der Waals surface area (Å²) in [7, 11) is 0. The maximum Gasteiger partial charge on any atom is 0.233 e. The molecule has 106 valence electrons. The number of benzene rings is 1. The highest BCUT2D eigenvalue weighted by Crippen LogP contribution is 2.38. The van der Waals surface area contributed by atoms with Crippen molar-refractivity contribution < 1.29 is 9.59 Å². The fraction of sp³-hybridized carbons (Fsp3) is 0.500. The summed E-state index contributed by atoms with van der Waals surface area (Å²) in [5, 5.41) is 0. The first kappa shape index (κ1) is 13.2. The Labute approximate surface area is 118 Å². The van der Waals surface area contributed by atoms with E-state index in [1.807, 2.05) is 25.1 Å². The molecule has 1 saturated heterocycles. The number of hydrogen-bond acceptors (Lipinski definition) is 3. The second-order valence-corrected chi connectivity index (χ2v) is 5.89. The summed E-state index contributed by atoms with van der Waals surface area (Å²) in [6, 6.07) is 5.65. The van der Waals surface area contributed by atoms with Gasteiger partial charge in [0.25, 0.3) is 0 Å². The van der Waals surface area contributed by atoms with Crippen LogP contribution in [0, 0.1) is 18.8 Å². The van der Waals surface area contributed by atoms with Crippen LogP contribution in [0.15, 0.2) is 18.2 Å². The van der Waals surface area contributed by atoms with E-state index in [1.54, 1.807) is 0 Å². The summed E-state index contributed by atoms with van der Waals surface area (Å²) >= 11 is 0. The number of anilines is 1. The molecule has 1 aliphatic heterocycles. The van der Waals surface area contributed by atoms with Gasteiger partial charge in [0.15, 0.2) is 0 Å². The molecule has 4 nitrogen and oxygen atoms in total. The lowest BCUT2D eigenvalue weighted by Gasteiger charge is -2.19. The summed E-state index contributed by atoms with van der Waals surface area (Å²) in [5.41, 5.74) is 8.52. The summed E-state index contributed by atoms with van der Waals surface area (Å²) in [5.74, 6) is -0.113. The number of carbonyl (C=O) groups excluding carboxylic acids is 2. The van der Waals surface area contributed by atoms with Gasteiger partial charge in [-0.05, 0) is 37.0 Å². The Kier molecular flexibility index (Phi) is 3.24. The smallest absolute Gasteiger partial charge is 0.233 e. The van der Waals surface area contributed by atoms with Gasteiger partial charge in [-0.1, -0.05) is 25.0 Å². The Morgan fingerprint density at radius 3 is 2.35 bits per heavy atom. The Balaban J connectivity index is 1.85. The zero-order chi connectivity index (χ0) is 14.3. The Morgan fingerprint density at radius 1 is 1.15 bits per heavy atom. The first-order valence-corrected chi connectivity index (χ1v) is 7.29. The highest BCUT2D eigenvalue weighted by molar-refractivity contribution is 6.05. The molecule has 2 atom stereocenters. The predicted octanol–water partition coefficient (Wildman–Crippen LogP) is 2.25. The number of fused-ring (bicyclic) bond motifs is 1. The molecule has 2 aliphatic rings. The van der Waals surface area contributed by atoms with Gasteiger partial charge in [-0.15, -0.1) is 0 Å². The second-order valence-electron chi connectivity index (χ2n) is 5.89. The molecule has 0 radical (unpaired) electrons. The topological polar surface area (TPSA) is 63.4 Å². The number of imide groups is 1. The molecule has 1 aliphatic carbocycles. The zero-order valence-corrected chi connectivity index (χ0v) is 11.8. The van der Waals surface area contributed by atoms with Crippen LogP contribution in [0.2, 0.25) is 0 Å². The van der Waals surface area contributed by atoms with Crippen molar-refractivity contribution in [1.82, 2.24) is 4.90 Å². The average molecular weight is 272 g/mol. The SMILES string of the molecule is Cc1c(N)cccc1CN1C(=O)C2CCCCC2C1=O. The number of amides is 2. The molecule has 1 saturated carbocycles. The van der Waals surface area contributed by atoms with Gasteiger partial charge in [0.05, 0.1) is 18.4 Å². The minimum Gasteiger partial charge on any atom is -0.399 e. The van der Waals surface area contributed by atoms with Crippen LogP contribution in [0.25, 0.3) is 0 Å². The third-order valence-corrected chi connectivity index (χ3v) is 4.75. The molecule has 2 N–H and O–H groups in total. The van der Waals surface area contributed by atoms with Gasteiger partial charge in [0.2, 0.25) is 11.8 Å². The molecule has 4 heteroatoms. The van der Waals surface area contributed by atoms with Gasteiger partial charge in [-0.2, -0.15) is 0 Å². The highest BCUT2D eigenvalue weighted by atomic mass is 16.2. The maximum atomic E-state index is 12.4. The average Bonchev–Trinajstić information content (AvgIpc) is 2.69. The predicted molar refractivity (Wildman–Crippen MR) is 76.6 cm³/mol. The van der Waals surface area contributed by atoms with E-state index in [1.165, 1.54) is 4.90 Å². The number of carbonyl (C=O) groups is 2. The van der Waals surface area contributed by atoms with E-state index >= 15 is 0 Å². The molecule has 0 spiro atoms. The van der Waals surface area contributed by atoms with Crippen LogP contribution < -0.4 is 5.73 Å². The Morgan fingerprint density at radius 2 is 1.75 bits per heavy atom. The molecule has 1 aromatic carbocycles. The highest BCUT2D eigenvalue weighted by Gasteiger charge is 2.47. The fourth-order valence-corrected chi connectivity index (χ4v) is 3.43. The number of rotatable bonds is 2. The van der Waals surface area contributed by atoms with Crippen molar-refractivity contribution in [3.05, 3.63) is 29.3 Å². The zero-order valence-electron chi connectivity index (χ0n) is 11.8. The molecule has 1 heterocycles. The molecule has 20 heavy (non-hydrogen) atoms. The van der Waals surface area contributed by atoms with E-state index in [0.29, 0.717) is 12.2 Å². The molecule has 0 bridgehead atoms. The molecule has 2 unspecified atom stereocenters. The van der Waals surface area contributed by atoms with Crippen LogP contribution >= 0.6 is 0 Å². The molecule has 1 aromatic rings. The van der Waals surface area contributed by atoms with E-state index in [0.717, 1.165) is 36.8 Å². The third-order valence-electron chi connectivity index (χ3n) is 4.75. The largest absolute Gasteiger partial charge is 0.399 e. The van der Waals surface area contributed by atoms with Crippen molar-refractivity contribution >= 4 is 17.5 Å². The fourth-order valence-electron chi connectivity index (χ4n) is 3.43. The maximum absolute atomic E-state index is 12.4. The van der Waals surface area contributed by atoms with Crippen LogP contribution in [0.5, 0.6) is 0 Å². The van der Waals surface area contributed by atoms with E-state index in [2.05, 4.69) is 0 Å². The van der Waals surface area contributed by atoms with E-state index < -0.39 is 0 Å². The molecule has 2 fully saturated rings. The van der Waals surface area contributed by atoms with Gasteiger partial charge in [0.1, 0.15) is 0 Å². The third kappa shape index (κ3) is 1.99. The minimum absolute atomic E-state index is 0.0153. The Bertz CT molecular complexity index is 544. The van der Waals surface area contributed by atoms with E-state index in [9.17, 15) is 9.59 Å². The van der Waals surface area contributed by atoms with Gasteiger partial charge < -0.3 is 5.73 Å². The standard InChI is InChI=1S/C16H20N2O2/c1-10-11(5-4-8-14(10)17)9-18-15(19)12-6-2-3-7-13(12)16(18)20/h4-5,8,12-13H,2-3,6-7,9,17H2,1H3. The first-order valence-electron chi connectivity index (χ1n) is 7.29. The van der Waals surface area contributed by atoms with Crippen LogP contribution in [0.4, 0.5) is 5.69 Å². The van der Waals surface area contributed by atoms with Crippen LogP contribution in [0.3, 0.4) is 0 Å². The van der Waals surface area contributed by atoms with Gasteiger partial charge in [-0.3, -0.25) is 14.5 Å². The van der Waals surface area contributed by atoms with Gasteiger partial charge in [-0.25, -0.2) is 0 Å². The Hall–Kier alpha value is -1.84. The molecule has 2 amide bonds. The molecule has 3 rings (SSSR count). The van der Waals surface area contributed by atoms with Crippen molar-refractivity contribution in [2.75, 3.05) is 5.73 Å². The minimum atomic E-state index is -0.0717. The van der Waals surface area contributed by atoms with E-state index in [-0.39, 0.29) is 23.7 Å². The van der Waals surface area contributed by atoms with Crippen molar-refractivity contribution in [2.45, 2.75) is 39.2 Å². The summed E-state index contributed by atoms with van der Waals surface area (Å²) in [6.07, 6.45) is 3.85. The van der Waals surface area contributed by atoms with Crippen LogP contribution in [-0.2, 0) is 16.1 Å². The van der Waals surface area contributed by atoms with Crippen molar-refractivity contribution in [3.8, 4) is 0 Å². The molecular formula is C16H20N2O2. The second kappa shape index (κ2) is 4.93. The lowest BCUT2D eigenvalue weighted by Crippen LogP contribution is -2.30. The lowest BCUT2D eigenvalue weighted by atomic mass is 9.81. The van der Waals surface area contributed by atoms with Crippen LogP contribution in [0.1, 0.15) is 36.8 Å². The van der Waals surface area contributed by atoms with Crippen molar-refractivity contribution in [1.29, 1.82) is 0 Å². The van der Waals surface area contributed by atoms with Gasteiger partial charge >= 0.3 is 0 Å². The molecule has 0 aromatic heterocycles. The van der Waals surface area contributed by atoms with Crippen molar-refractivity contribution in [2.24, 2.45) is 11.8 Å². The monoisotopic (exact) mass is 272 g/mol. The van der Waals surface area contributed by atoms with Crippen LogP contribution in [-0.4, -0.2) is 16.7 Å².